The molecule has 0 atom stereocenters. The third-order valence-electron chi connectivity index (χ3n) is 2.75. The fourth-order valence-electron chi connectivity index (χ4n) is 1.78. The number of fused-ring (bicyclic) bond motifs is 1. The van der Waals surface area contributed by atoms with Gasteiger partial charge in [0.05, 0.1) is 12.0 Å². The number of rotatable bonds is 2. The number of H-pyrrole nitrogens is 1. The Morgan fingerprint density at radius 2 is 2.05 bits per heavy atom. The Hall–Kier alpha value is -2.70. The zero-order valence-corrected chi connectivity index (χ0v) is 10.2. The number of nitrogens with zero attached hydrogens (tertiary/aromatic N) is 1. The van der Waals surface area contributed by atoms with Crippen LogP contribution in [0.1, 0.15) is 15.9 Å². The van der Waals surface area contributed by atoms with Crippen molar-refractivity contribution in [2.45, 2.75) is 6.92 Å². The molecule has 0 saturated heterocycles. The molecule has 98 valence electrons. The average Bonchev–Trinajstić information content (AvgIpc) is 2.37. The highest BCUT2D eigenvalue weighted by Gasteiger charge is 2.22. The van der Waals surface area contributed by atoms with Gasteiger partial charge < -0.3 is 9.72 Å². The molecule has 0 fully saturated rings. The molecule has 2 rings (SSSR count). The van der Waals surface area contributed by atoms with Crippen molar-refractivity contribution in [2.24, 2.45) is 0 Å². The van der Waals surface area contributed by atoms with Crippen LogP contribution >= 0.6 is 0 Å². The third kappa shape index (κ3) is 2.17. The van der Waals surface area contributed by atoms with E-state index >= 15 is 0 Å². The van der Waals surface area contributed by atoms with Crippen LogP contribution in [-0.4, -0.2) is 23.0 Å². The number of nitro benzene ring substituents is 1. The first-order valence-corrected chi connectivity index (χ1v) is 5.34. The van der Waals surface area contributed by atoms with Gasteiger partial charge in [-0.3, -0.25) is 14.9 Å². The number of nitrogens with one attached hydrogen (secondary N) is 1. The molecule has 0 amide bonds. The van der Waals surface area contributed by atoms with Gasteiger partial charge in [0.2, 0.25) is 0 Å². The van der Waals surface area contributed by atoms with Crippen molar-refractivity contribution in [2.75, 3.05) is 7.11 Å². The van der Waals surface area contributed by atoms with E-state index in [9.17, 15) is 19.7 Å². The minimum absolute atomic E-state index is 0.195. The Labute approximate surface area is 107 Å². The number of hydrogen-bond donors (Lipinski definition) is 1. The van der Waals surface area contributed by atoms with Gasteiger partial charge in [-0.25, -0.2) is 4.79 Å². The number of pyridine rings is 1. The van der Waals surface area contributed by atoms with E-state index in [1.54, 1.807) is 6.92 Å². The molecule has 0 radical (unpaired) electrons. The summed E-state index contributed by atoms with van der Waals surface area (Å²) in [6, 6.07) is 4.02. The summed E-state index contributed by atoms with van der Waals surface area (Å²) < 4.78 is 4.49. The van der Waals surface area contributed by atoms with Gasteiger partial charge in [0.25, 0.3) is 11.2 Å². The standard InChI is InChI=1S/C12H10N2O5/c1-6-3-7-4-10(14(17)18)8(12(16)19-2)5-9(7)13-11(6)15/h3-5H,1-2H3,(H,13,15). The lowest BCUT2D eigenvalue weighted by Crippen LogP contribution is -2.11. The highest BCUT2D eigenvalue weighted by atomic mass is 16.6. The minimum atomic E-state index is -0.824. The maximum atomic E-state index is 11.5. The molecule has 7 heteroatoms. The smallest absolute Gasteiger partial charge is 0.344 e. The number of carbonyl (C=O) groups excluding carboxylic acids is 1. The number of aromatic nitrogens is 1. The van der Waals surface area contributed by atoms with Crippen molar-refractivity contribution in [3.63, 3.8) is 0 Å². The Balaban J connectivity index is 2.84. The number of esters is 1. The zero-order chi connectivity index (χ0) is 14.2. The van der Waals surface area contributed by atoms with Gasteiger partial charge in [-0.05, 0) is 19.1 Å². The van der Waals surface area contributed by atoms with Crippen molar-refractivity contribution in [1.29, 1.82) is 0 Å². The molecule has 2 aromatic rings. The van der Waals surface area contributed by atoms with Gasteiger partial charge in [0, 0.05) is 22.5 Å². The molecule has 0 saturated carbocycles. The van der Waals surface area contributed by atoms with Crippen molar-refractivity contribution in [1.82, 2.24) is 4.98 Å². The fourth-order valence-corrected chi connectivity index (χ4v) is 1.78. The molecule has 0 aliphatic rings. The van der Waals surface area contributed by atoms with Crippen LogP contribution in [0.3, 0.4) is 0 Å². The first-order valence-electron chi connectivity index (χ1n) is 5.34. The van der Waals surface area contributed by atoms with Crippen molar-refractivity contribution >= 4 is 22.6 Å². The summed E-state index contributed by atoms with van der Waals surface area (Å²) in [5.74, 6) is -0.824. The van der Waals surface area contributed by atoms with Crippen molar-refractivity contribution < 1.29 is 14.5 Å². The maximum absolute atomic E-state index is 11.5. The molecule has 1 aromatic heterocycles. The second-order valence-electron chi connectivity index (χ2n) is 3.99. The van der Waals surface area contributed by atoms with E-state index in [0.717, 1.165) is 7.11 Å². The molecule has 19 heavy (non-hydrogen) atoms. The lowest BCUT2D eigenvalue weighted by Gasteiger charge is -2.04. The van der Waals surface area contributed by atoms with Gasteiger partial charge in [-0.1, -0.05) is 0 Å². The highest BCUT2D eigenvalue weighted by molar-refractivity contribution is 5.99. The topological polar surface area (TPSA) is 102 Å². The molecule has 0 aliphatic heterocycles. The van der Waals surface area contributed by atoms with Crippen LogP contribution in [0.4, 0.5) is 5.69 Å². The number of carbonyl (C=O) groups is 1. The quantitative estimate of drug-likeness (QED) is 0.502. The monoisotopic (exact) mass is 262 g/mol. The van der Waals surface area contributed by atoms with Crippen LogP contribution in [0.25, 0.3) is 10.9 Å². The summed E-state index contributed by atoms with van der Waals surface area (Å²) in [4.78, 5) is 35.9. The number of ether oxygens (including phenoxy) is 1. The number of benzene rings is 1. The summed E-state index contributed by atoms with van der Waals surface area (Å²) in [6.07, 6.45) is 0. The number of methoxy groups -OCH3 is 1. The Morgan fingerprint density at radius 3 is 2.63 bits per heavy atom. The number of aromatic amines is 1. The Bertz CT molecular complexity index is 748. The van der Waals surface area contributed by atoms with E-state index in [1.807, 2.05) is 0 Å². The first kappa shape index (κ1) is 12.7. The first-order chi connectivity index (χ1) is 8.93. The number of aryl methyl sites for hydroxylation is 1. The predicted octanol–water partition coefficient (Wildman–Crippen LogP) is 1.53. The molecular weight excluding hydrogens is 252 g/mol. The summed E-state index contributed by atoms with van der Waals surface area (Å²) in [6.45, 7) is 1.60. The van der Waals surface area contributed by atoms with E-state index in [4.69, 9.17) is 0 Å². The Kier molecular flexibility index (Phi) is 3.04. The van der Waals surface area contributed by atoms with Crippen LogP contribution < -0.4 is 5.56 Å². The fraction of sp³-hybridized carbons (Fsp3) is 0.167. The number of hydrogen-bond acceptors (Lipinski definition) is 5. The molecular formula is C12H10N2O5. The normalized spacial score (nSPS) is 10.4. The average molecular weight is 262 g/mol. The molecule has 0 unspecified atom stereocenters. The van der Waals surface area contributed by atoms with E-state index in [0.29, 0.717) is 16.5 Å². The Morgan fingerprint density at radius 1 is 1.37 bits per heavy atom. The van der Waals surface area contributed by atoms with E-state index in [1.165, 1.54) is 18.2 Å². The molecule has 0 aliphatic carbocycles. The summed E-state index contributed by atoms with van der Waals surface area (Å²) in [7, 11) is 1.13. The largest absolute Gasteiger partial charge is 0.465 e. The van der Waals surface area contributed by atoms with Crippen LogP contribution in [0.5, 0.6) is 0 Å². The second-order valence-corrected chi connectivity index (χ2v) is 3.99. The second kappa shape index (κ2) is 4.52. The van der Waals surface area contributed by atoms with Gasteiger partial charge >= 0.3 is 5.97 Å². The van der Waals surface area contributed by atoms with Crippen molar-refractivity contribution in [3.05, 3.63) is 49.8 Å². The summed E-state index contributed by atoms with van der Waals surface area (Å²) >= 11 is 0. The van der Waals surface area contributed by atoms with Gasteiger partial charge in [0.1, 0.15) is 5.56 Å². The number of nitro groups is 1. The molecule has 7 nitrogen and oxygen atoms in total. The molecule has 1 N–H and O–H groups in total. The molecule has 1 heterocycles. The predicted molar refractivity (Wildman–Crippen MR) is 67.3 cm³/mol. The van der Waals surface area contributed by atoms with Crippen molar-refractivity contribution in [3.8, 4) is 0 Å². The van der Waals surface area contributed by atoms with E-state index in [2.05, 4.69) is 9.72 Å². The lowest BCUT2D eigenvalue weighted by molar-refractivity contribution is -0.385. The SMILES string of the molecule is COC(=O)c1cc2[nH]c(=O)c(C)cc2cc1[N+](=O)[O-]. The zero-order valence-electron chi connectivity index (χ0n) is 10.2. The van der Waals surface area contributed by atoms with Crippen LogP contribution in [-0.2, 0) is 4.74 Å². The molecule has 1 aromatic carbocycles. The van der Waals surface area contributed by atoms with E-state index < -0.39 is 10.9 Å². The minimum Gasteiger partial charge on any atom is -0.465 e. The van der Waals surface area contributed by atoms with Gasteiger partial charge in [-0.15, -0.1) is 0 Å². The van der Waals surface area contributed by atoms with Crippen LogP contribution in [0.15, 0.2) is 23.0 Å². The molecule has 0 bridgehead atoms. The maximum Gasteiger partial charge on any atom is 0.344 e. The molecule has 0 spiro atoms. The lowest BCUT2D eigenvalue weighted by atomic mass is 10.1. The van der Waals surface area contributed by atoms with Gasteiger partial charge in [0.15, 0.2) is 0 Å². The van der Waals surface area contributed by atoms with Gasteiger partial charge in [-0.2, -0.15) is 0 Å². The third-order valence-corrected chi connectivity index (χ3v) is 2.75. The highest BCUT2D eigenvalue weighted by Crippen LogP contribution is 2.25. The summed E-state index contributed by atoms with van der Waals surface area (Å²) in [5.41, 5.74) is -0.0725. The summed E-state index contributed by atoms with van der Waals surface area (Å²) in [5, 5.41) is 11.4. The van der Waals surface area contributed by atoms with E-state index in [-0.39, 0.29) is 16.8 Å². The van der Waals surface area contributed by atoms with Crippen LogP contribution in [0.2, 0.25) is 0 Å². The van der Waals surface area contributed by atoms with Crippen LogP contribution in [0, 0.1) is 17.0 Å².